The molecule has 18 heavy (non-hydrogen) atoms. The van der Waals surface area contributed by atoms with Gasteiger partial charge in [-0.1, -0.05) is 13.3 Å². The first kappa shape index (κ1) is 15.3. The summed E-state index contributed by atoms with van der Waals surface area (Å²) in [6, 6.07) is 2.46. The minimum atomic E-state index is 0.345. The standard InChI is InChI=1S/C15H27NO2/c1-5-6-9-17-10-7-8-16-13(3)15-11-12(2)18-14(15)4/h11,13,16H,5-10H2,1-4H3. The number of rotatable bonds is 9. The van der Waals surface area contributed by atoms with Gasteiger partial charge in [0.25, 0.3) is 0 Å². The Kier molecular flexibility index (Phi) is 7.06. The highest BCUT2D eigenvalue weighted by atomic mass is 16.5. The van der Waals surface area contributed by atoms with E-state index in [9.17, 15) is 0 Å². The summed E-state index contributed by atoms with van der Waals surface area (Å²) in [6.45, 7) is 11.1. The molecule has 0 bridgehead atoms. The molecule has 0 aliphatic rings. The van der Waals surface area contributed by atoms with E-state index in [1.807, 2.05) is 13.8 Å². The van der Waals surface area contributed by atoms with E-state index in [0.29, 0.717) is 6.04 Å². The fraction of sp³-hybridized carbons (Fsp3) is 0.733. The van der Waals surface area contributed by atoms with Gasteiger partial charge in [-0.05, 0) is 46.2 Å². The van der Waals surface area contributed by atoms with E-state index in [1.165, 1.54) is 12.0 Å². The van der Waals surface area contributed by atoms with Gasteiger partial charge in [0.1, 0.15) is 11.5 Å². The molecule has 1 aromatic rings. The van der Waals surface area contributed by atoms with Gasteiger partial charge in [-0.3, -0.25) is 0 Å². The van der Waals surface area contributed by atoms with E-state index < -0.39 is 0 Å². The van der Waals surface area contributed by atoms with E-state index in [1.54, 1.807) is 0 Å². The first-order valence-electron chi connectivity index (χ1n) is 7.03. The molecule has 0 aromatic carbocycles. The summed E-state index contributed by atoms with van der Waals surface area (Å²) in [5.74, 6) is 2.01. The zero-order valence-electron chi connectivity index (χ0n) is 12.2. The summed E-state index contributed by atoms with van der Waals surface area (Å²) >= 11 is 0. The maximum Gasteiger partial charge on any atom is 0.105 e. The Balaban J connectivity index is 2.14. The molecule has 3 nitrogen and oxygen atoms in total. The van der Waals surface area contributed by atoms with Crippen LogP contribution in [-0.4, -0.2) is 19.8 Å². The monoisotopic (exact) mass is 253 g/mol. The zero-order chi connectivity index (χ0) is 13.4. The van der Waals surface area contributed by atoms with E-state index in [2.05, 4.69) is 25.2 Å². The predicted octanol–water partition coefficient (Wildman–Crippen LogP) is 3.75. The zero-order valence-corrected chi connectivity index (χ0v) is 12.2. The quantitative estimate of drug-likeness (QED) is 0.681. The van der Waals surface area contributed by atoms with Crippen molar-refractivity contribution in [3.05, 3.63) is 23.2 Å². The summed E-state index contributed by atoms with van der Waals surface area (Å²) in [7, 11) is 0. The fourth-order valence-electron chi connectivity index (χ4n) is 2.03. The number of ether oxygens (including phenoxy) is 1. The molecule has 1 rings (SSSR count). The van der Waals surface area contributed by atoms with Crippen molar-refractivity contribution >= 4 is 0 Å². The molecule has 1 aromatic heterocycles. The van der Waals surface area contributed by atoms with Gasteiger partial charge in [0.05, 0.1) is 0 Å². The highest BCUT2D eigenvalue weighted by Gasteiger charge is 2.11. The second-order valence-corrected chi connectivity index (χ2v) is 4.86. The van der Waals surface area contributed by atoms with Gasteiger partial charge in [-0.2, -0.15) is 0 Å². The van der Waals surface area contributed by atoms with Crippen LogP contribution in [0, 0.1) is 13.8 Å². The largest absolute Gasteiger partial charge is 0.466 e. The summed E-state index contributed by atoms with van der Waals surface area (Å²) < 4.78 is 11.1. The van der Waals surface area contributed by atoms with Crippen LogP contribution < -0.4 is 5.32 Å². The van der Waals surface area contributed by atoms with Crippen LogP contribution in [-0.2, 0) is 4.74 Å². The van der Waals surface area contributed by atoms with E-state index >= 15 is 0 Å². The molecule has 0 spiro atoms. The summed E-state index contributed by atoms with van der Waals surface area (Å²) in [5, 5.41) is 3.50. The second-order valence-electron chi connectivity index (χ2n) is 4.86. The third-order valence-corrected chi connectivity index (χ3v) is 3.10. The molecule has 0 amide bonds. The van der Waals surface area contributed by atoms with Crippen LogP contribution in [0.5, 0.6) is 0 Å². The lowest BCUT2D eigenvalue weighted by molar-refractivity contribution is 0.128. The molecule has 1 unspecified atom stereocenters. The molecule has 104 valence electrons. The maximum atomic E-state index is 5.54. The van der Waals surface area contributed by atoms with Gasteiger partial charge in [-0.15, -0.1) is 0 Å². The molecule has 0 fully saturated rings. The molecule has 0 saturated carbocycles. The van der Waals surface area contributed by atoms with Crippen molar-refractivity contribution in [2.45, 2.75) is 53.0 Å². The van der Waals surface area contributed by atoms with Crippen LogP contribution in [0.15, 0.2) is 10.5 Å². The Hall–Kier alpha value is -0.800. The van der Waals surface area contributed by atoms with Crippen molar-refractivity contribution in [3.8, 4) is 0 Å². The average molecular weight is 253 g/mol. The van der Waals surface area contributed by atoms with Crippen molar-refractivity contribution in [1.29, 1.82) is 0 Å². The van der Waals surface area contributed by atoms with Crippen LogP contribution in [0.2, 0.25) is 0 Å². The molecule has 3 heteroatoms. The van der Waals surface area contributed by atoms with Crippen molar-refractivity contribution < 1.29 is 9.15 Å². The van der Waals surface area contributed by atoms with Crippen molar-refractivity contribution in [1.82, 2.24) is 5.32 Å². The molecular weight excluding hydrogens is 226 g/mol. The minimum absolute atomic E-state index is 0.345. The van der Waals surface area contributed by atoms with Gasteiger partial charge in [0, 0.05) is 24.8 Å². The number of nitrogens with one attached hydrogen (secondary N) is 1. The maximum absolute atomic E-state index is 5.54. The van der Waals surface area contributed by atoms with Gasteiger partial charge in [0.2, 0.25) is 0 Å². The SMILES string of the molecule is CCCCOCCCNC(C)c1cc(C)oc1C. The molecule has 1 heterocycles. The minimum Gasteiger partial charge on any atom is -0.466 e. The number of aryl methyl sites for hydroxylation is 2. The van der Waals surface area contributed by atoms with Crippen LogP contribution >= 0.6 is 0 Å². The number of furan rings is 1. The van der Waals surface area contributed by atoms with Crippen molar-refractivity contribution in [2.24, 2.45) is 0 Å². The van der Waals surface area contributed by atoms with Crippen molar-refractivity contribution in [2.75, 3.05) is 19.8 Å². The smallest absolute Gasteiger partial charge is 0.105 e. The van der Waals surface area contributed by atoms with Gasteiger partial charge in [0.15, 0.2) is 0 Å². The third kappa shape index (κ3) is 5.23. The fourth-order valence-corrected chi connectivity index (χ4v) is 2.03. The molecule has 1 N–H and O–H groups in total. The van der Waals surface area contributed by atoms with Crippen molar-refractivity contribution in [3.63, 3.8) is 0 Å². The number of hydrogen-bond donors (Lipinski definition) is 1. The highest BCUT2D eigenvalue weighted by molar-refractivity contribution is 5.23. The topological polar surface area (TPSA) is 34.4 Å². The Labute approximate surface area is 111 Å². The number of unbranched alkanes of at least 4 members (excludes halogenated alkanes) is 1. The van der Waals surface area contributed by atoms with Crippen LogP contribution in [0.25, 0.3) is 0 Å². The average Bonchev–Trinajstić information content (AvgIpc) is 2.67. The van der Waals surface area contributed by atoms with E-state index in [-0.39, 0.29) is 0 Å². The first-order chi connectivity index (χ1) is 8.65. The third-order valence-electron chi connectivity index (χ3n) is 3.10. The lowest BCUT2D eigenvalue weighted by Crippen LogP contribution is -2.21. The Morgan fingerprint density at radius 3 is 2.61 bits per heavy atom. The second kappa shape index (κ2) is 8.33. The van der Waals surface area contributed by atoms with E-state index in [4.69, 9.17) is 9.15 Å². The Morgan fingerprint density at radius 2 is 2.00 bits per heavy atom. The normalized spacial score (nSPS) is 12.9. The van der Waals surface area contributed by atoms with Gasteiger partial charge < -0.3 is 14.5 Å². The molecule has 0 radical (unpaired) electrons. The van der Waals surface area contributed by atoms with Gasteiger partial charge in [-0.25, -0.2) is 0 Å². The molecule has 1 atom stereocenters. The van der Waals surface area contributed by atoms with Crippen LogP contribution in [0.3, 0.4) is 0 Å². The molecular formula is C15H27NO2. The Bertz CT molecular complexity index is 333. The van der Waals surface area contributed by atoms with Crippen LogP contribution in [0.1, 0.15) is 56.2 Å². The molecule has 0 aliphatic heterocycles. The summed E-state index contributed by atoms with van der Waals surface area (Å²) in [5.41, 5.74) is 1.26. The van der Waals surface area contributed by atoms with Gasteiger partial charge >= 0.3 is 0 Å². The summed E-state index contributed by atoms with van der Waals surface area (Å²) in [4.78, 5) is 0. The summed E-state index contributed by atoms with van der Waals surface area (Å²) in [6.07, 6.45) is 3.43. The molecule has 0 saturated heterocycles. The lowest BCUT2D eigenvalue weighted by Gasteiger charge is -2.13. The molecule has 0 aliphatic carbocycles. The first-order valence-corrected chi connectivity index (χ1v) is 7.03. The van der Waals surface area contributed by atoms with Crippen LogP contribution in [0.4, 0.5) is 0 Å². The lowest BCUT2D eigenvalue weighted by atomic mass is 10.1. The highest BCUT2D eigenvalue weighted by Crippen LogP contribution is 2.20. The predicted molar refractivity (Wildman–Crippen MR) is 74.9 cm³/mol. The Morgan fingerprint density at radius 1 is 1.28 bits per heavy atom. The number of hydrogen-bond acceptors (Lipinski definition) is 3. The van der Waals surface area contributed by atoms with E-state index in [0.717, 1.165) is 44.1 Å².